The summed E-state index contributed by atoms with van der Waals surface area (Å²) in [5, 5.41) is 4.34. The Morgan fingerprint density at radius 1 is 1.33 bits per heavy atom. The standard InChI is InChI=1S/C15H18ClNO/c1-3-8-17-15(12-7-9-18-10-12)13-5-4-6-14(16)11(13)2/h4-7,9-10,15,17H,3,8H2,1-2H3. The highest BCUT2D eigenvalue weighted by molar-refractivity contribution is 6.31. The third-order valence-corrected chi connectivity index (χ3v) is 3.51. The number of rotatable bonds is 5. The minimum atomic E-state index is 0.141. The first kappa shape index (κ1) is 13.2. The molecular weight excluding hydrogens is 246 g/mol. The fourth-order valence-corrected chi connectivity index (χ4v) is 2.25. The van der Waals surface area contributed by atoms with E-state index in [4.69, 9.17) is 16.0 Å². The van der Waals surface area contributed by atoms with Gasteiger partial charge in [-0.1, -0.05) is 30.7 Å². The summed E-state index contributed by atoms with van der Waals surface area (Å²) in [6.45, 7) is 5.17. The van der Waals surface area contributed by atoms with Gasteiger partial charge in [0, 0.05) is 10.6 Å². The van der Waals surface area contributed by atoms with Gasteiger partial charge in [0.2, 0.25) is 0 Å². The summed E-state index contributed by atoms with van der Waals surface area (Å²) in [6.07, 6.45) is 4.58. The molecule has 1 unspecified atom stereocenters. The van der Waals surface area contributed by atoms with Crippen LogP contribution >= 0.6 is 11.6 Å². The third-order valence-electron chi connectivity index (χ3n) is 3.10. The SMILES string of the molecule is CCCNC(c1ccoc1)c1cccc(Cl)c1C. The van der Waals surface area contributed by atoms with E-state index in [1.807, 2.05) is 18.2 Å². The summed E-state index contributed by atoms with van der Waals surface area (Å²) in [6, 6.07) is 8.16. The molecule has 0 amide bonds. The summed E-state index contributed by atoms with van der Waals surface area (Å²) in [5.41, 5.74) is 3.46. The van der Waals surface area contributed by atoms with Crippen molar-refractivity contribution in [3.63, 3.8) is 0 Å². The lowest BCUT2D eigenvalue weighted by Gasteiger charge is -2.20. The maximum absolute atomic E-state index is 6.20. The van der Waals surface area contributed by atoms with Gasteiger partial charge in [-0.15, -0.1) is 0 Å². The number of benzene rings is 1. The minimum Gasteiger partial charge on any atom is -0.472 e. The number of furan rings is 1. The van der Waals surface area contributed by atoms with Crippen LogP contribution in [0.2, 0.25) is 5.02 Å². The molecule has 96 valence electrons. The van der Waals surface area contributed by atoms with Crippen molar-refractivity contribution in [2.45, 2.75) is 26.3 Å². The number of nitrogens with one attached hydrogen (secondary N) is 1. The monoisotopic (exact) mass is 263 g/mol. The molecule has 0 aliphatic heterocycles. The lowest BCUT2D eigenvalue weighted by Crippen LogP contribution is -2.23. The molecule has 0 bridgehead atoms. The Balaban J connectivity index is 2.37. The highest BCUT2D eigenvalue weighted by atomic mass is 35.5. The molecule has 0 saturated heterocycles. The molecule has 0 saturated carbocycles. The second-order valence-corrected chi connectivity index (χ2v) is 4.81. The van der Waals surface area contributed by atoms with Crippen LogP contribution in [0, 0.1) is 6.92 Å². The molecule has 1 aromatic carbocycles. The van der Waals surface area contributed by atoms with E-state index in [2.05, 4.69) is 25.2 Å². The summed E-state index contributed by atoms with van der Waals surface area (Å²) in [5.74, 6) is 0. The van der Waals surface area contributed by atoms with Crippen LogP contribution in [-0.2, 0) is 0 Å². The summed E-state index contributed by atoms with van der Waals surface area (Å²) in [7, 11) is 0. The highest BCUT2D eigenvalue weighted by Gasteiger charge is 2.17. The molecule has 18 heavy (non-hydrogen) atoms. The maximum Gasteiger partial charge on any atom is 0.0953 e. The summed E-state index contributed by atoms with van der Waals surface area (Å²) >= 11 is 6.20. The Morgan fingerprint density at radius 3 is 2.83 bits per heavy atom. The Bertz CT molecular complexity index is 493. The van der Waals surface area contributed by atoms with Gasteiger partial charge in [-0.3, -0.25) is 0 Å². The first-order valence-electron chi connectivity index (χ1n) is 6.24. The zero-order valence-corrected chi connectivity index (χ0v) is 11.5. The largest absolute Gasteiger partial charge is 0.472 e. The van der Waals surface area contributed by atoms with Crippen LogP contribution < -0.4 is 5.32 Å². The van der Waals surface area contributed by atoms with Crippen LogP contribution in [0.25, 0.3) is 0 Å². The van der Waals surface area contributed by atoms with Crippen molar-refractivity contribution >= 4 is 11.6 Å². The van der Waals surface area contributed by atoms with Crippen LogP contribution in [-0.4, -0.2) is 6.54 Å². The van der Waals surface area contributed by atoms with Gasteiger partial charge in [-0.05, 0) is 43.1 Å². The van der Waals surface area contributed by atoms with E-state index in [0.717, 1.165) is 29.1 Å². The fourth-order valence-electron chi connectivity index (χ4n) is 2.07. The normalized spacial score (nSPS) is 12.6. The zero-order valence-electron chi connectivity index (χ0n) is 10.7. The van der Waals surface area contributed by atoms with Crippen molar-refractivity contribution in [1.82, 2.24) is 5.32 Å². The van der Waals surface area contributed by atoms with Gasteiger partial charge in [0.25, 0.3) is 0 Å². The molecule has 2 nitrogen and oxygen atoms in total. The zero-order chi connectivity index (χ0) is 13.0. The van der Waals surface area contributed by atoms with Crippen molar-refractivity contribution in [3.8, 4) is 0 Å². The predicted octanol–water partition coefficient (Wildman–Crippen LogP) is 4.33. The van der Waals surface area contributed by atoms with Gasteiger partial charge < -0.3 is 9.73 Å². The van der Waals surface area contributed by atoms with Crippen molar-refractivity contribution in [2.75, 3.05) is 6.54 Å². The molecule has 1 N–H and O–H groups in total. The second kappa shape index (κ2) is 6.07. The third kappa shape index (κ3) is 2.77. The molecule has 0 aliphatic carbocycles. The van der Waals surface area contributed by atoms with Crippen LogP contribution in [0.15, 0.2) is 41.2 Å². The molecule has 0 aliphatic rings. The Kier molecular flexibility index (Phi) is 4.45. The van der Waals surface area contributed by atoms with E-state index in [1.54, 1.807) is 12.5 Å². The summed E-state index contributed by atoms with van der Waals surface area (Å²) in [4.78, 5) is 0. The van der Waals surface area contributed by atoms with Gasteiger partial charge in [0.1, 0.15) is 0 Å². The number of hydrogen-bond donors (Lipinski definition) is 1. The lowest BCUT2D eigenvalue weighted by atomic mass is 9.96. The lowest BCUT2D eigenvalue weighted by molar-refractivity contribution is 0.547. The van der Waals surface area contributed by atoms with E-state index < -0.39 is 0 Å². The Labute approximate surface area is 113 Å². The Morgan fingerprint density at radius 2 is 2.17 bits per heavy atom. The maximum atomic E-state index is 6.20. The number of hydrogen-bond acceptors (Lipinski definition) is 2. The van der Waals surface area contributed by atoms with Gasteiger partial charge in [0.15, 0.2) is 0 Å². The molecule has 2 aromatic rings. The molecule has 2 rings (SSSR count). The van der Waals surface area contributed by atoms with Crippen molar-refractivity contribution < 1.29 is 4.42 Å². The van der Waals surface area contributed by atoms with Gasteiger partial charge in [0.05, 0.1) is 18.6 Å². The average molecular weight is 264 g/mol. The van der Waals surface area contributed by atoms with E-state index in [0.29, 0.717) is 0 Å². The van der Waals surface area contributed by atoms with Crippen LogP contribution in [0.3, 0.4) is 0 Å². The molecule has 3 heteroatoms. The van der Waals surface area contributed by atoms with Gasteiger partial charge in [-0.2, -0.15) is 0 Å². The first-order valence-corrected chi connectivity index (χ1v) is 6.62. The van der Waals surface area contributed by atoms with E-state index >= 15 is 0 Å². The quantitative estimate of drug-likeness (QED) is 0.869. The molecular formula is C15H18ClNO. The van der Waals surface area contributed by atoms with Crippen molar-refractivity contribution in [2.24, 2.45) is 0 Å². The van der Waals surface area contributed by atoms with Crippen LogP contribution in [0.4, 0.5) is 0 Å². The molecule has 1 heterocycles. The smallest absolute Gasteiger partial charge is 0.0953 e. The van der Waals surface area contributed by atoms with Gasteiger partial charge >= 0.3 is 0 Å². The van der Waals surface area contributed by atoms with Crippen LogP contribution in [0.1, 0.15) is 36.1 Å². The molecule has 0 radical (unpaired) electrons. The predicted molar refractivity (Wildman–Crippen MR) is 75.0 cm³/mol. The van der Waals surface area contributed by atoms with Crippen LogP contribution in [0.5, 0.6) is 0 Å². The Hall–Kier alpha value is -1.25. The average Bonchev–Trinajstić information content (AvgIpc) is 2.88. The van der Waals surface area contributed by atoms with Crippen molar-refractivity contribution in [1.29, 1.82) is 0 Å². The minimum absolute atomic E-state index is 0.141. The number of halogens is 1. The topological polar surface area (TPSA) is 25.2 Å². The van der Waals surface area contributed by atoms with E-state index in [-0.39, 0.29) is 6.04 Å². The molecule has 1 aromatic heterocycles. The molecule has 0 fully saturated rings. The summed E-state index contributed by atoms with van der Waals surface area (Å²) < 4.78 is 5.19. The second-order valence-electron chi connectivity index (χ2n) is 4.40. The first-order chi connectivity index (χ1) is 8.74. The highest BCUT2D eigenvalue weighted by Crippen LogP contribution is 2.29. The van der Waals surface area contributed by atoms with Gasteiger partial charge in [-0.25, -0.2) is 0 Å². The molecule has 0 spiro atoms. The van der Waals surface area contributed by atoms with Crippen molar-refractivity contribution in [3.05, 3.63) is 58.5 Å². The molecule has 1 atom stereocenters. The van der Waals surface area contributed by atoms with E-state index in [1.165, 1.54) is 5.56 Å². The fraction of sp³-hybridized carbons (Fsp3) is 0.333. The van der Waals surface area contributed by atoms with E-state index in [9.17, 15) is 0 Å².